The summed E-state index contributed by atoms with van der Waals surface area (Å²) in [7, 11) is 1.56. The van der Waals surface area contributed by atoms with Gasteiger partial charge in [0.15, 0.2) is 0 Å². The van der Waals surface area contributed by atoms with E-state index < -0.39 is 0 Å². The van der Waals surface area contributed by atoms with Gasteiger partial charge in [0, 0.05) is 16.8 Å². The third-order valence-electron chi connectivity index (χ3n) is 4.13. The van der Waals surface area contributed by atoms with Gasteiger partial charge in [-0.3, -0.25) is 9.59 Å². The lowest BCUT2D eigenvalue weighted by Gasteiger charge is -2.15. The number of carbonyl (C=O) groups excluding carboxylic acids is 2. The van der Waals surface area contributed by atoms with Crippen LogP contribution >= 0.6 is 11.8 Å². The van der Waals surface area contributed by atoms with Crippen LogP contribution in [0.2, 0.25) is 0 Å². The average molecular weight is 356 g/mol. The van der Waals surface area contributed by atoms with Gasteiger partial charge in [-0.05, 0) is 12.1 Å². The highest BCUT2D eigenvalue weighted by molar-refractivity contribution is 8.00. The van der Waals surface area contributed by atoms with E-state index in [1.54, 1.807) is 13.2 Å². The van der Waals surface area contributed by atoms with Crippen LogP contribution in [-0.4, -0.2) is 42.0 Å². The first-order valence-electron chi connectivity index (χ1n) is 7.80. The molecule has 0 spiro atoms. The van der Waals surface area contributed by atoms with Crippen molar-refractivity contribution in [2.45, 2.75) is 0 Å². The van der Waals surface area contributed by atoms with Crippen molar-refractivity contribution in [3.05, 3.63) is 36.4 Å². The fourth-order valence-electron chi connectivity index (χ4n) is 2.92. The van der Waals surface area contributed by atoms with Gasteiger partial charge in [-0.15, -0.1) is 11.8 Å². The number of hydrogen-bond acceptors (Lipinski definition) is 5. The summed E-state index contributed by atoms with van der Waals surface area (Å²) >= 11 is 1.51. The number of benzene rings is 2. The maximum absolute atomic E-state index is 12.3. The van der Waals surface area contributed by atoms with E-state index in [1.165, 1.54) is 16.7 Å². The van der Waals surface area contributed by atoms with Gasteiger partial charge in [0.2, 0.25) is 11.8 Å². The molecule has 128 valence electrons. The van der Waals surface area contributed by atoms with Crippen molar-refractivity contribution in [3.8, 4) is 5.75 Å². The molecule has 2 amide bonds. The van der Waals surface area contributed by atoms with Crippen LogP contribution in [0.5, 0.6) is 5.75 Å². The number of ether oxygens (including phenoxy) is 1. The van der Waals surface area contributed by atoms with Gasteiger partial charge >= 0.3 is 0 Å². The Morgan fingerprint density at radius 2 is 2.12 bits per heavy atom. The summed E-state index contributed by atoms with van der Waals surface area (Å²) in [6.45, 7) is 0.0349. The lowest BCUT2D eigenvalue weighted by atomic mass is 10.1. The highest BCUT2D eigenvalue weighted by atomic mass is 32.2. The molecule has 7 heteroatoms. The van der Waals surface area contributed by atoms with Crippen molar-refractivity contribution in [1.29, 1.82) is 0 Å². The van der Waals surface area contributed by atoms with Crippen molar-refractivity contribution < 1.29 is 18.7 Å². The molecule has 1 aliphatic rings. The topological polar surface area (TPSA) is 71.8 Å². The standard InChI is InChI=1S/C18H16N2O4S/c1-23-16-6-12-11-4-2-3-5-14(11)24-15(12)7-13(16)19-17(21)8-20-10-25-9-18(20)22/h2-7H,8-10H2,1H3,(H,19,21). The van der Waals surface area contributed by atoms with E-state index in [1.807, 2.05) is 30.3 Å². The van der Waals surface area contributed by atoms with Crippen molar-refractivity contribution in [2.75, 3.05) is 30.6 Å². The highest BCUT2D eigenvalue weighted by Gasteiger charge is 2.23. The smallest absolute Gasteiger partial charge is 0.244 e. The average Bonchev–Trinajstić information content (AvgIpc) is 3.17. The molecular weight excluding hydrogens is 340 g/mol. The minimum atomic E-state index is -0.260. The molecule has 25 heavy (non-hydrogen) atoms. The van der Waals surface area contributed by atoms with Crippen molar-refractivity contribution in [2.24, 2.45) is 0 Å². The second-order valence-electron chi connectivity index (χ2n) is 5.76. The number of thioether (sulfide) groups is 1. The molecule has 0 radical (unpaired) electrons. The second-order valence-corrected chi connectivity index (χ2v) is 6.72. The number of furan rings is 1. The second kappa shape index (κ2) is 6.33. The van der Waals surface area contributed by atoms with Gasteiger partial charge < -0.3 is 19.4 Å². The van der Waals surface area contributed by atoms with Gasteiger partial charge in [0.05, 0.1) is 24.4 Å². The van der Waals surface area contributed by atoms with Gasteiger partial charge in [-0.1, -0.05) is 18.2 Å². The summed E-state index contributed by atoms with van der Waals surface area (Å²) in [6, 6.07) is 11.4. The Kier molecular flexibility index (Phi) is 4.01. The largest absolute Gasteiger partial charge is 0.495 e. The third-order valence-corrected chi connectivity index (χ3v) is 5.08. The summed E-state index contributed by atoms with van der Waals surface area (Å²) in [5.41, 5.74) is 1.98. The van der Waals surface area contributed by atoms with Gasteiger partial charge in [0.1, 0.15) is 23.5 Å². The van der Waals surface area contributed by atoms with Gasteiger partial charge in [0.25, 0.3) is 0 Å². The Morgan fingerprint density at radius 3 is 2.88 bits per heavy atom. The van der Waals surface area contributed by atoms with Crippen molar-refractivity contribution in [3.63, 3.8) is 0 Å². The molecule has 1 aromatic heterocycles. The normalized spacial score (nSPS) is 14.4. The molecule has 1 aliphatic heterocycles. The summed E-state index contributed by atoms with van der Waals surface area (Å²) in [5, 5.41) is 4.74. The predicted octanol–water partition coefficient (Wildman–Crippen LogP) is 3.07. The summed E-state index contributed by atoms with van der Waals surface area (Å²) < 4.78 is 11.3. The summed E-state index contributed by atoms with van der Waals surface area (Å²) in [6.07, 6.45) is 0. The van der Waals surface area contributed by atoms with Crippen LogP contribution < -0.4 is 10.1 Å². The SMILES string of the molecule is COc1cc2c(cc1NC(=O)CN1CSCC1=O)oc1ccccc12. The lowest BCUT2D eigenvalue weighted by molar-refractivity contribution is -0.130. The summed E-state index contributed by atoms with van der Waals surface area (Å²) in [4.78, 5) is 25.5. The number of methoxy groups -OCH3 is 1. The molecule has 3 aromatic rings. The predicted molar refractivity (Wildman–Crippen MR) is 97.9 cm³/mol. The van der Waals surface area contributed by atoms with E-state index in [-0.39, 0.29) is 18.4 Å². The quantitative estimate of drug-likeness (QED) is 0.778. The Labute approximate surface area is 148 Å². The molecule has 0 atom stereocenters. The lowest BCUT2D eigenvalue weighted by Crippen LogP contribution is -2.34. The number of para-hydroxylation sites is 1. The van der Waals surface area contributed by atoms with Crippen LogP contribution in [0.3, 0.4) is 0 Å². The third kappa shape index (κ3) is 2.91. The first kappa shape index (κ1) is 15.8. The maximum Gasteiger partial charge on any atom is 0.244 e. The van der Waals surface area contributed by atoms with E-state index in [0.29, 0.717) is 28.6 Å². The molecule has 0 saturated carbocycles. The number of carbonyl (C=O) groups is 2. The minimum absolute atomic E-state index is 0.0140. The van der Waals surface area contributed by atoms with Crippen LogP contribution in [0, 0.1) is 0 Å². The number of amides is 2. The maximum atomic E-state index is 12.3. The Hall–Kier alpha value is -2.67. The van der Waals surface area contributed by atoms with E-state index in [0.717, 1.165) is 16.4 Å². The van der Waals surface area contributed by atoms with E-state index in [9.17, 15) is 9.59 Å². The fraction of sp³-hybridized carbons (Fsp3) is 0.222. The van der Waals surface area contributed by atoms with E-state index >= 15 is 0 Å². The fourth-order valence-corrected chi connectivity index (χ4v) is 3.83. The molecule has 1 N–H and O–H groups in total. The zero-order valence-corrected chi connectivity index (χ0v) is 14.4. The number of fused-ring (bicyclic) bond motifs is 3. The summed E-state index contributed by atoms with van der Waals surface area (Å²) in [5.74, 6) is 1.26. The molecule has 2 aromatic carbocycles. The van der Waals surface area contributed by atoms with Crippen LogP contribution in [0.15, 0.2) is 40.8 Å². The molecule has 6 nitrogen and oxygen atoms in total. The van der Waals surface area contributed by atoms with Gasteiger partial charge in [-0.25, -0.2) is 0 Å². The first-order valence-corrected chi connectivity index (χ1v) is 8.96. The monoisotopic (exact) mass is 356 g/mol. The molecule has 0 aliphatic carbocycles. The van der Waals surface area contributed by atoms with Crippen LogP contribution in [-0.2, 0) is 9.59 Å². The van der Waals surface area contributed by atoms with Crippen LogP contribution in [0.1, 0.15) is 0 Å². The van der Waals surface area contributed by atoms with Crippen molar-refractivity contribution >= 4 is 51.2 Å². The number of hydrogen-bond donors (Lipinski definition) is 1. The van der Waals surface area contributed by atoms with E-state index in [4.69, 9.17) is 9.15 Å². The molecule has 0 bridgehead atoms. The van der Waals surface area contributed by atoms with Gasteiger partial charge in [-0.2, -0.15) is 0 Å². The van der Waals surface area contributed by atoms with E-state index in [2.05, 4.69) is 5.32 Å². The molecule has 0 unspecified atom stereocenters. The number of nitrogens with one attached hydrogen (secondary N) is 1. The Balaban J connectivity index is 1.65. The molecular formula is C18H16N2O4S. The Bertz CT molecular complexity index is 982. The molecule has 2 heterocycles. The van der Waals surface area contributed by atoms with Crippen LogP contribution in [0.25, 0.3) is 21.9 Å². The number of anilines is 1. The van der Waals surface area contributed by atoms with Crippen molar-refractivity contribution in [1.82, 2.24) is 4.90 Å². The minimum Gasteiger partial charge on any atom is -0.495 e. The zero-order valence-electron chi connectivity index (χ0n) is 13.6. The first-order chi connectivity index (χ1) is 12.2. The van der Waals surface area contributed by atoms with Crippen LogP contribution in [0.4, 0.5) is 5.69 Å². The molecule has 1 fully saturated rings. The molecule has 4 rings (SSSR count). The number of nitrogens with zero attached hydrogens (tertiary/aromatic N) is 1. The zero-order chi connectivity index (χ0) is 17.4. The molecule has 1 saturated heterocycles. The number of rotatable bonds is 4. The highest BCUT2D eigenvalue weighted by Crippen LogP contribution is 2.36. The Morgan fingerprint density at radius 1 is 1.28 bits per heavy atom.